The first-order chi connectivity index (χ1) is 5.51. The lowest BCUT2D eigenvalue weighted by atomic mass is 9.75. The summed E-state index contributed by atoms with van der Waals surface area (Å²) in [7, 11) is 4.52. The van der Waals surface area contributed by atoms with Gasteiger partial charge in [-0.05, 0) is 51.1 Å². The summed E-state index contributed by atoms with van der Waals surface area (Å²) >= 11 is 0. The molecule has 0 saturated heterocycles. The van der Waals surface area contributed by atoms with E-state index in [1.165, 1.54) is 25.7 Å². The van der Waals surface area contributed by atoms with Crippen molar-refractivity contribution in [1.29, 1.82) is 0 Å². The number of hydrogen-bond donors (Lipinski definition) is 0. The van der Waals surface area contributed by atoms with Crippen LogP contribution < -0.4 is 0 Å². The molecule has 0 unspecified atom stereocenters. The summed E-state index contributed by atoms with van der Waals surface area (Å²) < 4.78 is 0. The molecule has 2 saturated carbocycles. The quantitative estimate of drug-likeness (QED) is 0.580. The average molecular weight is 167 g/mol. The minimum Gasteiger partial charge on any atom is -0.303 e. The van der Waals surface area contributed by atoms with Gasteiger partial charge in [0.1, 0.15) is 0 Å². The molecular formula is C11H21N. The van der Waals surface area contributed by atoms with Gasteiger partial charge in [-0.2, -0.15) is 0 Å². The van der Waals surface area contributed by atoms with E-state index in [2.05, 4.69) is 32.8 Å². The third-order valence-electron chi connectivity index (χ3n) is 4.89. The smallest absolute Gasteiger partial charge is 0.0257 e. The van der Waals surface area contributed by atoms with Gasteiger partial charge in [-0.25, -0.2) is 0 Å². The highest BCUT2D eigenvalue weighted by molar-refractivity contribution is 5.13. The fourth-order valence-electron chi connectivity index (χ4n) is 3.86. The predicted molar refractivity (Wildman–Crippen MR) is 52.2 cm³/mol. The van der Waals surface area contributed by atoms with Gasteiger partial charge < -0.3 is 4.90 Å². The molecule has 0 aromatic rings. The van der Waals surface area contributed by atoms with Crippen LogP contribution in [-0.2, 0) is 0 Å². The molecule has 0 radical (unpaired) electrons. The van der Waals surface area contributed by atoms with Crippen LogP contribution in [0.25, 0.3) is 0 Å². The Balaban J connectivity index is 2.36. The van der Waals surface area contributed by atoms with Crippen molar-refractivity contribution in [1.82, 2.24) is 4.90 Å². The maximum absolute atomic E-state index is 2.49. The molecule has 0 aliphatic heterocycles. The zero-order valence-corrected chi connectivity index (χ0v) is 8.85. The molecule has 2 bridgehead atoms. The highest BCUT2D eigenvalue weighted by Gasteiger charge is 2.59. The monoisotopic (exact) mass is 167 g/mol. The van der Waals surface area contributed by atoms with Gasteiger partial charge in [-0.1, -0.05) is 13.8 Å². The van der Waals surface area contributed by atoms with E-state index in [-0.39, 0.29) is 0 Å². The predicted octanol–water partition coefficient (Wildman–Crippen LogP) is 2.52. The van der Waals surface area contributed by atoms with Gasteiger partial charge in [0, 0.05) is 5.54 Å². The van der Waals surface area contributed by atoms with Crippen LogP contribution in [0.2, 0.25) is 0 Å². The second-order valence-electron chi connectivity index (χ2n) is 5.42. The van der Waals surface area contributed by atoms with Crippen LogP contribution in [0.5, 0.6) is 0 Å². The van der Waals surface area contributed by atoms with Crippen LogP contribution in [-0.4, -0.2) is 24.5 Å². The molecule has 2 fully saturated rings. The normalized spacial score (nSPS) is 44.2. The Morgan fingerprint density at radius 1 is 1.08 bits per heavy atom. The van der Waals surface area contributed by atoms with Crippen molar-refractivity contribution in [2.24, 2.45) is 11.3 Å². The summed E-state index contributed by atoms with van der Waals surface area (Å²) in [5, 5.41) is 0. The first-order valence-electron chi connectivity index (χ1n) is 5.18. The molecule has 12 heavy (non-hydrogen) atoms. The molecule has 0 aromatic heterocycles. The van der Waals surface area contributed by atoms with E-state index in [1.807, 2.05) is 0 Å². The molecule has 0 amide bonds. The van der Waals surface area contributed by atoms with Crippen LogP contribution in [0.15, 0.2) is 0 Å². The summed E-state index contributed by atoms with van der Waals surface area (Å²) in [4.78, 5) is 2.49. The van der Waals surface area contributed by atoms with E-state index >= 15 is 0 Å². The largest absolute Gasteiger partial charge is 0.303 e. The maximum Gasteiger partial charge on any atom is 0.0257 e. The Morgan fingerprint density at radius 3 is 1.75 bits per heavy atom. The Morgan fingerprint density at radius 2 is 1.58 bits per heavy atom. The van der Waals surface area contributed by atoms with Gasteiger partial charge in [0.15, 0.2) is 0 Å². The fourth-order valence-corrected chi connectivity index (χ4v) is 3.86. The molecule has 1 heteroatoms. The lowest BCUT2D eigenvalue weighted by molar-refractivity contribution is 0.0618. The van der Waals surface area contributed by atoms with Crippen molar-refractivity contribution in [3.05, 3.63) is 0 Å². The maximum atomic E-state index is 2.49. The van der Waals surface area contributed by atoms with Crippen LogP contribution >= 0.6 is 0 Å². The van der Waals surface area contributed by atoms with E-state index in [9.17, 15) is 0 Å². The first-order valence-corrected chi connectivity index (χ1v) is 5.18. The van der Waals surface area contributed by atoms with Crippen LogP contribution in [0.4, 0.5) is 0 Å². The highest BCUT2D eigenvalue weighted by Crippen LogP contribution is 2.62. The summed E-state index contributed by atoms with van der Waals surface area (Å²) in [6.07, 6.45) is 5.78. The molecule has 0 aromatic carbocycles. The van der Waals surface area contributed by atoms with Crippen LogP contribution in [0.1, 0.15) is 39.5 Å². The number of fused-ring (bicyclic) bond motifs is 2. The molecule has 0 spiro atoms. The number of hydrogen-bond acceptors (Lipinski definition) is 1. The molecule has 2 aliphatic carbocycles. The third-order valence-corrected chi connectivity index (χ3v) is 4.89. The fraction of sp³-hybridized carbons (Fsp3) is 1.00. The second kappa shape index (κ2) is 2.25. The lowest BCUT2D eigenvalue weighted by Crippen LogP contribution is -2.49. The van der Waals surface area contributed by atoms with Gasteiger partial charge in [0.25, 0.3) is 0 Å². The molecule has 0 heterocycles. The summed E-state index contributed by atoms with van der Waals surface area (Å²) in [5.41, 5.74) is 1.11. The van der Waals surface area contributed by atoms with Crippen molar-refractivity contribution in [2.75, 3.05) is 14.1 Å². The van der Waals surface area contributed by atoms with Gasteiger partial charge in [0.05, 0.1) is 0 Å². The van der Waals surface area contributed by atoms with Crippen LogP contribution in [0, 0.1) is 11.3 Å². The Hall–Kier alpha value is -0.0400. The summed E-state index contributed by atoms with van der Waals surface area (Å²) in [6.45, 7) is 4.94. The average Bonchev–Trinajstić information content (AvgIpc) is 2.40. The van der Waals surface area contributed by atoms with Crippen molar-refractivity contribution in [3.8, 4) is 0 Å². The number of rotatable bonds is 1. The molecule has 2 rings (SSSR count). The lowest BCUT2D eigenvalue weighted by Gasteiger charge is -2.44. The van der Waals surface area contributed by atoms with Crippen molar-refractivity contribution >= 4 is 0 Å². The van der Waals surface area contributed by atoms with E-state index in [1.54, 1.807) is 0 Å². The highest BCUT2D eigenvalue weighted by atomic mass is 15.2. The van der Waals surface area contributed by atoms with Gasteiger partial charge in [-0.15, -0.1) is 0 Å². The molecular weight excluding hydrogens is 146 g/mol. The van der Waals surface area contributed by atoms with Gasteiger partial charge in [-0.3, -0.25) is 0 Å². The molecule has 2 aliphatic rings. The summed E-state index contributed by atoms with van der Waals surface area (Å²) in [6, 6.07) is 0. The van der Waals surface area contributed by atoms with E-state index in [0.29, 0.717) is 11.0 Å². The zero-order chi connectivity index (χ0) is 8.98. The van der Waals surface area contributed by atoms with Gasteiger partial charge in [0.2, 0.25) is 0 Å². The Bertz CT molecular complexity index is 185. The molecule has 1 nitrogen and oxygen atoms in total. The number of nitrogens with zero attached hydrogens (tertiary/aromatic N) is 1. The van der Waals surface area contributed by atoms with Crippen molar-refractivity contribution in [2.45, 2.75) is 45.1 Å². The third kappa shape index (κ3) is 0.736. The Labute approximate surface area is 76.1 Å². The zero-order valence-electron chi connectivity index (χ0n) is 8.85. The van der Waals surface area contributed by atoms with E-state index in [0.717, 1.165) is 5.92 Å². The van der Waals surface area contributed by atoms with Crippen molar-refractivity contribution < 1.29 is 0 Å². The van der Waals surface area contributed by atoms with Crippen LogP contribution in [0.3, 0.4) is 0 Å². The topological polar surface area (TPSA) is 3.24 Å². The SMILES string of the molecule is CN(C)C12CCC(CC1)C2(C)C. The van der Waals surface area contributed by atoms with E-state index < -0.39 is 0 Å². The minimum absolute atomic E-state index is 0.539. The molecule has 0 atom stereocenters. The van der Waals surface area contributed by atoms with Crippen molar-refractivity contribution in [3.63, 3.8) is 0 Å². The first kappa shape index (κ1) is 8.55. The van der Waals surface area contributed by atoms with Gasteiger partial charge >= 0.3 is 0 Å². The molecule has 0 N–H and O–H groups in total. The molecule has 70 valence electrons. The standard InChI is InChI=1S/C11H21N/c1-10(2)9-5-7-11(10,8-6-9)12(3)4/h9H,5-8H2,1-4H3. The van der Waals surface area contributed by atoms with E-state index in [4.69, 9.17) is 0 Å². The minimum atomic E-state index is 0.539. The summed E-state index contributed by atoms with van der Waals surface area (Å²) in [5.74, 6) is 1.000. The Kier molecular flexibility index (Phi) is 1.61. The second-order valence-corrected chi connectivity index (χ2v) is 5.42.